The van der Waals surface area contributed by atoms with E-state index < -0.39 is 18.5 Å². The quantitative estimate of drug-likeness (QED) is 0.672. The Morgan fingerprint density at radius 2 is 1.75 bits per heavy atom. The van der Waals surface area contributed by atoms with E-state index in [2.05, 4.69) is 10.6 Å². The highest BCUT2D eigenvalue weighted by molar-refractivity contribution is 5.97. The van der Waals surface area contributed by atoms with Crippen LogP contribution in [0.4, 0.5) is 5.69 Å². The van der Waals surface area contributed by atoms with Gasteiger partial charge >= 0.3 is 5.97 Å². The van der Waals surface area contributed by atoms with Crippen molar-refractivity contribution in [2.45, 2.75) is 6.92 Å². The molecule has 0 spiro atoms. The summed E-state index contributed by atoms with van der Waals surface area (Å²) in [7, 11) is 2.97. The van der Waals surface area contributed by atoms with Gasteiger partial charge in [0.05, 0.1) is 19.9 Å². The number of methoxy groups -OCH3 is 2. The van der Waals surface area contributed by atoms with Crippen LogP contribution in [0.3, 0.4) is 0 Å². The van der Waals surface area contributed by atoms with Crippen LogP contribution in [0.2, 0.25) is 0 Å². The number of ether oxygens (including phenoxy) is 3. The average molecular weight is 386 g/mol. The number of rotatable bonds is 8. The molecule has 2 aromatic carbocycles. The minimum absolute atomic E-state index is 0.344. The van der Waals surface area contributed by atoms with Gasteiger partial charge in [-0.2, -0.15) is 0 Å². The average Bonchev–Trinajstić information content (AvgIpc) is 2.70. The summed E-state index contributed by atoms with van der Waals surface area (Å²) in [4.78, 5) is 35.9. The molecule has 0 saturated heterocycles. The number of carbonyl (C=O) groups excluding carboxylic acids is 3. The third-order valence-electron chi connectivity index (χ3n) is 3.83. The standard InChI is InChI=1S/C20H22N2O6/c1-13-6-4-5-7-15(13)20(25)21-11-19(24)28-12-18(23)22-16-10-14(26-2)8-9-17(16)27-3/h4-10H,11-12H2,1-3H3,(H,21,25)(H,22,23). The molecule has 2 N–H and O–H groups in total. The summed E-state index contributed by atoms with van der Waals surface area (Å²) in [6, 6.07) is 11.9. The molecule has 8 nitrogen and oxygen atoms in total. The van der Waals surface area contributed by atoms with E-state index in [0.29, 0.717) is 22.7 Å². The Balaban J connectivity index is 1.82. The number of hydrogen-bond acceptors (Lipinski definition) is 6. The molecule has 28 heavy (non-hydrogen) atoms. The van der Waals surface area contributed by atoms with Crippen molar-refractivity contribution in [3.05, 3.63) is 53.6 Å². The van der Waals surface area contributed by atoms with E-state index in [-0.39, 0.29) is 12.5 Å². The van der Waals surface area contributed by atoms with E-state index in [9.17, 15) is 14.4 Å². The summed E-state index contributed by atoms with van der Waals surface area (Å²) in [6.07, 6.45) is 0. The van der Waals surface area contributed by atoms with Gasteiger partial charge in [0.2, 0.25) is 0 Å². The Morgan fingerprint density at radius 3 is 2.43 bits per heavy atom. The van der Waals surface area contributed by atoms with Crippen molar-refractivity contribution >= 4 is 23.5 Å². The maximum atomic E-state index is 12.1. The molecular formula is C20H22N2O6. The first kappa shape index (κ1) is 20.8. The Labute approximate surface area is 162 Å². The molecule has 2 aromatic rings. The minimum atomic E-state index is -0.727. The molecule has 0 aliphatic carbocycles. The fourth-order valence-corrected chi connectivity index (χ4v) is 2.37. The molecule has 8 heteroatoms. The topological polar surface area (TPSA) is 103 Å². The van der Waals surface area contributed by atoms with Gasteiger partial charge in [0, 0.05) is 11.6 Å². The zero-order valence-corrected chi connectivity index (χ0v) is 15.9. The second-order valence-electron chi connectivity index (χ2n) is 5.77. The van der Waals surface area contributed by atoms with Crippen LogP contribution in [0, 0.1) is 6.92 Å². The lowest BCUT2D eigenvalue weighted by molar-refractivity contribution is -0.146. The predicted octanol–water partition coefficient (Wildman–Crippen LogP) is 1.92. The van der Waals surface area contributed by atoms with E-state index >= 15 is 0 Å². The van der Waals surface area contributed by atoms with Crippen LogP contribution in [0.25, 0.3) is 0 Å². The molecule has 2 rings (SSSR count). The van der Waals surface area contributed by atoms with E-state index in [0.717, 1.165) is 5.56 Å². The fraction of sp³-hybridized carbons (Fsp3) is 0.250. The maximum absolute atomic E-state index is 12.1. The molecule has 0 heterocycles. The largest absolute Gasteiger partial charge is 0.497 e. The van der Waals surface area contributed by atoms with Gasteiger partial charge in [-0.05, 0) is 30.7 Å². The zero-order valence-electron chi connectivity index (χ0n) is 15.9. The van der Waals surface area contributed by atoms with Crippen molar-refractivity contribution in [2.75, 3.05) is 32.7 Å². The molecule has 0 radical (unpaired) electrons. The van der Waals surface area contributed by atoms with Crippen LogP contribution in [0.15, 0.2) is 42.5 Å². The number of benzene rings is 2. The summed E-state index contributed by atoms with van der Waals surface area (Å²) in [5.74, 6) is -0.696. The number of amides is 2. The number of aryl methyl sites for hydroxylation is 1. The third kappa shape index (κ3) is 5.73. The number of esters is 1. The summed E-state index contributed by atoms with van der Waals surface area (Å²) < 4.78 is 15.1. The van der Waals surface area contributed by atoms with Crippen molar-refractivity contribution in [2.24, 2.45) is 0 Å². The highest BCUT2D eigenvalue weighted by atomic mass is 16.5. The molecule has 0 fully saturated rings. The van der Waals surface area contributed by atoms with Crippen molar-refractivity contribution in [1.29, 1.82) is 0 Å². The minimum Gasteiger partial charge on any atom is -0.497 e. The molecule has 0 bridgehead atoms. The number of carbonyl (C=O) groups is 3. The normalized spacial score (nSPS) is 9.96. The van der Waals surface area contributed by atoms with E-state index in [1.54, 1.807) is 43.3 Å². The van der Waals surface area contributed by atoms with E-state index in [4.69, 9.17) is 14.2 Å². The first-order valence-electron chi connectivity index (χ1n) is 8.46. The molecule has 0 aliphatic rings. The molecule has 0 aliphatic heterocycles. The number of anilines is 1. The highest BCUT2D eigenvalue weighted by Crippen LogP contribution is 2.28. The summed E-state index contributed by atoms with van der Waals surface area (Å²) >= 11 is 0. The Kier molecular flexibility index (Phi) is 7.38. The van der Waals surface area contributed by atoms with E-state index in [1.165, 1.54) is 14.2 Å². The molecular weight excluding hydrogens is 364 g/mol. The van der Waals surface area contributed by atoms with Crippen LogP contribution >= 0.6 is 0 Å². The SMILES string of the molecule is COc1ccc(OC)c(NC(=O)COC(=O)CNC(=O)c2ccccc2C)c1. The molecule has 0 atom stereocenters. The van der Waals surface area contributed by atoms with Gasteiger partial charge in [-0.15, -0.1) is 0 Å². The van der Waals surface area contributed by atoms with Crippen LogP contribution in [0.5, 0.6) is 11.5 Å². The van der Waals surface area contributed by atoms with Crippen molar-refractivity contribution in [1.82, 2.24) is 5.32 Å². The summed E-state index contributed by atoms with van der Waals surface area (Å²) in [5, 5.41) is 5.05. The zero-order chi connectivity index (χ0) is 20.5. The van der Waals surface area contributed by atoms with Crippen LogP contribution in [-0.4, -0.2) is 45.2 Å². The second-order valence-corrected chi connectivity index (χ2v) is 5.77. The maximum Gasteiger partial charge on any atom is 0.325 e. The monoisotopic (exact) mass is 386 g/mol. The Morgan fingerprint density at radius 1 is 1.00 bits per heavy atom. The Bertz CT molecular complexity index is 866. The molecule has 0 aromatic heterocycles. The van der Waals surface area contributed by atoms with Crippen LogP contribution < -0.4 is 20.1 Å². The predicted molar refractivity (Wildman–Crippen MR) is 103 cm³/mol. The highest BCUT2D eigenvalue weighted by Gasteiger charge is 2.13. The summed E-state index contributed by atoms with van der Waals surface area (Å²) in [5.41, 5.74) is 1.65. The lowest BCUT2D eigenvalue weighted by Gasteiger charge is -2.12. The first-order chi connectivity index (χ1) is 13.4. The van der Waals surface area contributed by atoms with Crippen LogP contribution in [0.1, 0.15) is 15.9 Å². The summed E-state index contributed by atoms with van der Waals surface area (Å²) in [6.45, 7) is 0.951. The molecule has 0 unspecified atom stereocenters. The van der Waals surface area contributed by atoms with Gasteiger partial charge in [0.15, 0.2) is 6.61 Å². The van der Waals surface area contributed by atoms with Gasteiger partial charge in [0.25, 0.3) is 11.8 Å². The van der Waals surface area contributed by atoms with Gasteiger partial charge in [-0.3, -0.25) is 14.4 Å². The fourth-order valence-electron chi connectivity index (χ4n) is 2.37. The van der Waals surface area contributed by atoms with Crippen molar-refractivity contribution < 1.29 is 28.6 Å². The lowest BCUT2D eigenvalue weighted by Crippen LogP contribution is -2.32. The molecule has 148 valence electrons. The lowest BCUT2D eigenvalue weighted by atomic mass is 10.1. The molecule has 0 saturated carbocycles. The van der Waals surface area contributed by atoms with Crippen LogP contribution in [-0.2, 0) is 14.3 Å². The number of nitrogens with one attached hydrogen (secondary N) is 2. The second kappa shape index (κ2) is 9.96. The van der Waals surface area contributed by atoms with Crippen molar-refractivity contribution in [3.8, 4) is 11.5 Å². The number of hydrogen-bond donors (Lipinski definition) is 2. The van der Waals surface area contributed by atoms with Gasteiger partial charge < -0.3 is 24.8 Å². The van der Waals surface area contributed by atoms with Gasteiger partial charge in [0.1, 0.15) is 18.0 Å². The Hall–Kier alpha value is -3.55. The molecule has 2 amide bonds. The third-order valence-corrected chi connectivity index (χ3v) is 3.83. The smallest absolute Gasteiger partial charge is 0.325 e. The van der Waals surface area contributed by atoms with Crippen molar-refractivity contribution in [3.63, 3.8) is 0 Å². The van der Waals surface area contributed by atoms with E-state index in [1.807, 2.05) is 6.07 Å². The van der Waals surface area contributed by atoms with Gasteiger partial charge in [-0.25, -0.2) is 0 Å². The first-order valence-corrected chi connectivity index (χ1v) is 8.46. The van der Waals surface area contributed by atoms with Gasteiger partial charge in [-0.1, -0.05) is 18.2 Å².